The lowest BCUT2D eigenvalue weighted by atomic mass is 10.2. The number of ether oxygens (including phenoxy) is 1. The molecular weight excluding hydrogens is 283 g/mol. The molecule has 22 heavy (non-hydrogen) atoms. The fraction of sp³-hybridized carbons (Fsp3) is 0.588. The van der Waals surface area contributed by atoms with Crippen molar-refractivity contribution in [2.75, 3.05) is 20.2 Å². The topological polar surface area (TPSA) is 41.6 Å². The summed E-state index contributed by atoms with van der Waals surface area (Å²) in [5.41, 5.74) is 0. The second-order valence-corrected chi connectivity index (χ2v) is 5.95. The number of nitrogens with zero attached hydrogens (tertiary/aromatic N) is 1. The molecular formula is C17H25FN2O2. The molecule has 5 heteroatoms. The van der Waals surface area contributed by atoms with Crippen LogP contribution in [-0.4, -0.2) is 43.1 Å². The molecule has 1 fully saturated rings. The average Bonchev–Trinajstić information content (AvgIpc) is 3.01. The summed E-state index contributed by atoms with van der Waals surface area (Å²) in [4.78, 5) is 14.1. The molecule has 1 aliphatic carbocycles. The number of hydrogen-bond acceptors (Lipinski definition) is 3. The zero-order valence-electron chi connectivity index (χ0n) is 13.3. The molecule has 1 aliphatic rings. The number of likely N-dealkylation sites (N-methyl/N-ethyl adjacent to an activating group) is 1. The van der Waals surface area contributed by atoms with Crippen molar-refractivity contribution in [1.29, 1.82) is 0 Å². The molecule has 1 aromatic rings. The van der Waals surface area contributed by atoms with Crippen molar-refractivity contribution in [3.8, 4) is 5.75 Å². The molecule has 0 saturated heterocycles. The van der Waals surface area contributed by atoms with Crippen LogP contribution < -0.4 is 10.1 Å². The molecule has 4 nitrogen and oxygen atoms in total. The van der Waals surface area contributed by atoms with Gasteiger partial charge in [-0.15, -0.1) is 0 Å². The second-order valence-electron chi connectivity index (χ2n) is 5.95. The maximum Gasteiger partial charge on any atom is 0.237 e. The minimum absolute atomic E-state index is 0.0798. The van der Waals surface area contributed by atoms with E-state index >= 15 is 0 Å². The Bertz CT molecular complexity index is 472. The van der Waals surface area contributed by atoms with Gasteiger partial charge in [0.25, 0.3) is 0 Å². The van der Waals surface area contributed by atoms with E-state index in [1.54, 1.807) is 12.1 Å². The van der Waals surface area contributed by atoms with Gasteiger partial charge in [0.1, 0.15) is 18.2 Å². The van der Waals surface area contributed by atoms with E-state index in [2.05, 4.69) is 5.32 Å². The van der Waals surface area contributed by atoms with Crippen LogP contribution in [-0.2, 0) is 4.79 Å². The lowest BCUT2D eigenvalue weighted by Gasteiger charge is -2.25. The summed E-state index contributed by atoms with van der Waals surface area (Å²) in [6.45, 7) is 3.00. The smallest absolute Gasteiger partial charge is 0.237 e. The summed E-state index contributed by atoms with van der Waals surface area (Å²) < 4.78 is 18.3. The van der Waals surface area contributed by atoms with Crippen molar-refractivity contribution < 1.29 is 13.9 Å². The quantitative estimate of drug-likeness (QED) is 0.842. The van der Waals surface area contributed by atoms with E-state index in [4.69, 9.17) is 4.74 Å². The third-order valence-corrected chi connectivity index (χ3v) is 4.27. The molecule has 0 aromatic heterocycles. The first-order chi connectivity index (χ1) is 10.6. The van der Waals surface area contributed by atoms with Gasteiger partial charge >= 0.3 is 0 Å². The van der Waals surface area contributed by atoms with Gasteiger partial charge in [-0.25, -0.2) is 4.39 Å². The molecule has 1 aromatic carbocycles. The van der Waals surface area contributed by atoms with Crippen LogP contribution in [0.4, 0.5) is 4.39 Å². The summed E-state index contributed by atoms with van der Waals surface area (Å²) in [6.07, 6.45) is 4.60. The van der Waals surface area contributed by atoms with Crippen molar-refractivity contribution >= 4 is 5.91 Å². The van der Waals surface area contributed by atoms with Crippen LogP contribution in [0.25, 0.3) is 0 Å². The van der Waals surface area contributed by atoms with Gasteiger partial charge in [0.05, 0.1) is 6.04 Å². The standard InChI is InChI=1S/C17H25FN2O2/c1-13(17(21)19-15-5-3-4-6-15)20(2)11-12-22-16-9-7-14(18)8-10-16/h7-10,13,15H,3-6,11-12H2,1-2H3,(H,19,21). The third kappa shape index (κ3) is 4.98. The molecule has 0 radical (unpaired) electrons. The first-order valence-corrected chi connectivity index (χ1v) is 7.95. The fourth-order valence-electron chi connectivity index (χ4n) is 2.62. The first-order valence-electron chi connectivity index (χ1n) is 7.95. The van der Waals surface area contributed by atoms with Crippen LogP contribution in [0.3, 0.4) is 0 Å². The Hall–Kier alpha value is -1.62. The zero-order valence-corrected chi connectivity index (χ0v) is 13.3. The second kappa shape index (κ2) is 8.13. The number of carbonyl (C=O) groups is 1. The summed E-state index contributed by atoms with van der Waals surface area (Å²) in [6, 6.07) is 6.11. The number of carbonyl (C=O) groups excluding carboxylic acids is 1. The molecule has 1 amide bonds. The van der Waals surface area contributed by atoms with Gasteiger partial charge in [-0.1, -0.05) is 12.8 Å². The van der Waals surface area contributed by atoms with Gasteiger partial charge in [0.15, 0.2) is 0 Å². The number of amides is 1. The van der Waals surface area contributed by atoms with Crippen LogP contribution in [0.5, 0.6) is 5.75 Å². The first kappa shape index (κ1) is 16.7. The number of hydrogen-bond donors (Lipinski definition) is 1. The summed E-state index contributed by atoms with van der Waals surface area (Å²) in [5, 5.41) is 3.11. The molecule has 0 spiro atoms. The molecule has 1 unspecified atom stereocenters. The highest BCUT2D eigenvalue weighted by atomic mass is 19.1. The van der Waals surface area contributed by atoms with Crippen molar-refractivity contribution in [2.45, 2.75) is 44.7 Å². The monoisotopic (exact) mass is 308 g/mol. The predicted octanol–water partition coefficient (Wildman–Crippen LogP) is 2.58. The summed E-state index contributed by atoms with van der Waals surface area (Å²) in [7, 11) is 1.91. The van der Waals surface area contributed by atoms with E-state index in [-0.39, 0.29) is 17.8 Å². The summed E-state index contributed by atoms with van der Waals surface area (Å²) >= 11 is 0. The van der Waals surface area contributed by atoms with Crippen LogP contribution in [0.15, 0.2) is 24.3 Å². The minimum atomic E-state index is -0.276. The third-order valence-electron chi connectivity index (χ3n) is 4.27. The number of rotatable bonds is 7. The van der Waals surface area contributed by atoms with Gasteiger partial charge < -0.3 is 10.1 Å². The molecule has 1 atom stereocenters. The highest BCUT2D eigenvalue weighted by Gasteiger charge is 2.22. The van der Waals surface area contributed by atoms with Crippen molar-refractivity contribution in [2.24, 2.45) is 0 Å². The molecule has 1 saturated carbocycles. The normalized spacial score (nSPS) is 16.7. The Morgan fingerprint density at radius 3 is 2.64 bits per heavy atom. The van der Waals surface area contributed by atoms with Gasteiger partial charge in [0, 0.05) is 12.6 Å². The maximum absolute atomic E-state index is 12.8. The Morgan fingerprint density at radius 2 is 2.00 bits per heavy atom. The number of halogens is 1. The van der Waals surface area contributed by atoms with E-state index < -0.39 is 0 Å². The lowest BCUT2D eigenvalue weighted by molar-refractivity contribution is -0.126. The largest absolute Gasteiger partial charge is 0.492 e. The van der Waals surface area contributed by atoms with Gasteiger partial charge in [0.2, 0.25) is 5.91 Å². The van der Waals surface area contributed by atoms with E-state index in [9.17, 15) is 9.18 Å². The summed E-state index contributed by atoms with van der Waals surface area (Å²) in [5.74, 6) is 0.440. The van der Waals surface area contributed by atoms with Gasteiger partial charge in [-0.3, -0.25) is 9.69 Å². The maximum atomic E-state index is 12.8. The van der Waals surface area contributed by atoms with Crippen molar-refractivity contribution in [3.05, 3.63) is 30.1 Å². The average molecular weight is 308 g/mol. The van der Waals surface area contributed by atoms with Crippen LogP contribution >= 0.6 is 0 Å². The Morgan fingerprint density at radius 1 is 1.36 bits per heavy atom. The van der Waals surface area contributed by atoms with E-state index in [1.807, 2.05) is 18.9 Å². The Balaban J connectivity index is 1.69. The zero-order chi connectivity index (χ0) is 15.9. The highest BCUT2D eigenvalue weighted by molar-refractivity contribution is 5.81. The fourth-order valence-corrected chi connectivity index (χ4v) is 2.62. The lowest BCUT2D eigenvalue weighted by Crippen LogP contribution is -2.47. The molecule has 1 N–H and O–H groups in total. The van der Waals surface area contributed by atoms with Crippen molar-refractivity contribution in [3.63, 3.8) is 0 Å². The molecule has 0 bridgehead atoms. The Labute approximate surface area is 131 Å². The highest BCUT2D eigenvalue weighted by Crippen LogP contribution is 2.18. The van der Waals surface area contributed by atoms with Crippen molar-refractivity contribution in [1.82, 2.24) is 10.2 Å². The SMILES string of the molecule is CC(C(=O)NC1CCCC1)N(C)CCOc1ccc(F)cc1. The number of benzene rings is 1. The number of nitrogens with one attached hydrogen (secondary N) is 1. The minimum Gasteiger partial charge on any atom is -0.492 e. The van der Waals surface area contributed by atoms with Gasteiger partial charge in [-0.2, -0.15) is 0 Å². The van der Waals surface area contributed by atoms with Crippen LogP contribution in [0.2, 0.25) is 0 Å². The Kier molecular flexibility index (Phi) is 6.19. The van der Waals surface area contributed by atoms with E-state index in [1.165, 1.54) is 25.0 Å². The van der Waals surface area contributed by atoms with Crippen LogP contribution in [0.1, 0.15) is 32.6 Å². The van der Waals surface area contributed by atoms with E-state index in [0.29, 0.717) is 24.9 Å². The van der Waals surface area contributed by atoms with E-state index in [0.717, 1.165) is 12.8 Å². The van der Waals surface area contributed by atoms with Crippen LogP contribution in [0, 0.1) is 5.82 Å². The predicted molar refractivity (Wildman–Crippen MR) is 84.4 cm³/mol. The molecule has 0 aliphatic heterocycles. The molecule has 2 rings (SSSR count). The van der Waals surface area contributed by atoms with Gasteiger partial charge in [-0.05, 0) is 51.1 Å². The molecule has 0 heterocycles. The molecule has 122 valence electrons.